The highest BCUT2D eigenvalue weighted by molar-refractivity contribution is 5.85. The van der Waals surface area contributed by atoms with E-state index in [9.17, 15) is 4.39 Å². The summed E-state index contributed by atoms with van der Waals surface area (Å²) in [5.74, 6) is -0.0801. The van der Waals surface area contributed by atoms with Crippen molar-refractivity contribution in [3.8, 4) is 0 Å². The topological polar surface area (TPSA) is 29.3 Å². The van der Waals surface area contributed by atoms with Gasteiger partial charge in [0, 0.05) is 24.7 Å². The third-order valence-electron chi connectivity index (χ3n) is 3.52. The van der Waals surface area contributed by atoms with Crippen molar-refractivity contribution in [1.29, 1.82) is 0 Å². The molecule has 1 fully saturated rings. The molecule has 1 heterocycles. The molecule has 18 heavy (non-hydrogen) atoms. The summed E-state index contributed by atoms with van der Waals surface area (Å²) in [7, 11) is 0. The maximum atomic E-state index is 13.8. The molecule has 0 amide bonds. The zero-order valence-electron chi connectivity index (χ0n) is 10.9. The zero-order chi connectivity index (χ0) is 12.3. The lowest BCUT2D eigenvalue weighted by Gasteiger charge is -2.31. The monoisotopic (exact) mass is 272 g/mol. The lowest BCUT2D eigenvalue weighted by atomic mass is 10.0. The highest BCUT2D eigenvalue weighted by Crippen LogP contribution is 2.19. The van der Waals surface area contributed by atoms with Crippen LogP contribution in [0.25, 0.3) is 0 Å². The molecule has 4 heteroatoms. The van der Waals surface area contributed by atoms with E-state index in [1.54, 1.807) is 12.1 Å². The normalized spacial score (nSPS) is 20.5. The summed E-state index contributed by atoms with van der Waals surface area (Å²) in [5, 5.41) is 0. The van der Waals surface area contributed by atoms with Gasteiger partial charge in [0.2, 0.25) is 0 Å². The standard InChI is InChI=1S/C14H21FN2.ClH/c1-2-11-5-3-7-14(15)13(11)10-17-8-4-6-12(16)9-17;/h3,5,7,12H,2,4,6,8-10,16H2,1H3;1H. The van der Waals surface area contributed by atoms with Gasteiger partial charge < -0.3 is 5.73 Å². The Hall–Kier alpha value is -0.640. The predicted molar refractivity (Wildman–Crippen MR) is 75.5 cm³/mol. The minimum absolute atomic E-state index is 0. The van der Waals surface area contributed by atoms with Crippen LogP contribution in [0.1, 0.15) is 30.9 Å². The number of hydrogen-bond donors (Lipinski definition) is 1. The number of hydrogen-bond acceptors (Lipinski definition) is 2. The first-order valence-corrected chi connectivity index (χ1v) is 6.45. The quantitative estimate of drug-likeness (QED) is 0.917. The summed E-state index contributed by atoms with van der Waals surface area (Å²) in [4.78, 5) is 2.27. The van der Waals surface area contributed by atoms with Gasteiger partial charge in [-0.2, -0.15) is 0 Å². The number of benzene rings is 1. The van der Waals surface area contributed by atoms with E-state index in [1.807, 2.05) is 6.07 Å². The Morgan fingerprint density at radius 2 is 2.22 bits per heavy atom. The van der Waals surface area contributed by atoms with Crippen LogP contribution in [-0.4, -0.2) is 24.0 Å². The fourth-order valence-electron chi connectivity index (χ4n) is 2.57. The molecule has 1 aromatic carbocycles. The Morgan fingerprint density at radius 1 is 1.44 bits per heavy atom. The maximum absolute atomic E-state index is 13.8. The number of nitrogens with two attached hydrogens (primary N) is 1. The van der Waals surface area contributed by atoms with E-state index in [1.165, 1.54) is 0 Å². The second kappa shape index (κ2) is 7.07. The van der Waals surface area contributed by atoms with Gasteiger partial charge in [-0.25, -0.2) is 4.39 Å². The largest absolute Gasteiger partial charge is 0.327 e. The van der Waals surface area contributed by atoms with Gasteiger partial charge in [0.15, 0.2) is 0 Å². The smallest absolute Gasteiger partial charge is 0.127 e. The lowest BCUT2D eigenvalue weighted by Crippen LogP contribution is -2.42. The van der Waals surface area contributed by atoms with E-state index in [2.05, 4.69) is 11.8 Å². The van der Waals surface area contributed by atoms with Gasteiger partial charge in [0.05, 0.1) is 0 Å². The molecule has 1 unspecified atom stereocenters. The van der Waals surface area contributed by atoms with E-state index in [0.29, 0.717) is 6.54 Å². The number of halogens is 2. The predicted octanol–water partition coefficient (Wildman–Crippen LogP) is 2.73. The summed E-state index contributed by atoms with van der Waals surface area (Å²) in [6.07, 6.45) is 3.10. The van der Waals surface area contributed by atoms with Crippen molar-refractivity contribution in [3.05, 3.63) is 35.1 Å². The van der Waals surface area contributed by atoms with Crippen LogP contribution in [0, 0.1) is 5.82 Å². The average Bonchev–Trinajstić information content (AvgIpc) is 2.32. The Bertz CT molecular complexity index is 384. The molecule has 0 bridgehead atoms. The molecule has 0 aromatic heterocycles. The second-order valence-electron chi connectivity index (χ2n) is 4.87. The summed E-state index contributed by atoms with van der Waals surface area (Å²) < 4.78 is 13.8. The summed E-state index contributed by atoms with van der Waals surface area (Å²) in [6.45, 7) is 4.69. The molecule has 1 aromatic rings. The van der Waals surface area contributed by atoms with Crippen molar-refractivity contribution in [2.24, 2.45) is 5.73 Å². The molecule has 0 radical (unpaired) electrons. The van der Waals surface area contributed by atoms with Crippen LogP contribution in [0.3, 0.4) is 0 Å². The molecule has 0 spiro atoms. The molecular formula is C14H22ClFN2. The fourth-order valence-corrected chi connectivity index (χ4v) is 2.57. The van der Waals surface area contributed by atoms with Crippen LogP contribution in [0.5, 0.6) is 0 Å². The first kappa shape index (κ1) is 15.4. The number of aryl methyl sites for hydroxylation is 1. The number of likely N-dealkylation sites (tertiary alicyclic amines) is 1. The zero-order valence-corrected chi connectivity index (χ0v) is 11.7. The average molecular weight is 273 g/mol. The fraction of sp³-hybridized carbons (Fsp3) is 0.571. The highest BCUT2D eigenvalue weighted by Gasteiger charge is 2.18. The van der Waals surface area contributed by atoms with Crippen LogP contribution in [0.15, 0.2) is 18.2 Å². The Balaban J connectivity index is 0.00000162. The molecule has 0 saturated carbocycles. The van der Waals surface area contributed by atoms with Crippen LogP contribution in [0.2, 0.25) is 0 Å². The first-order valence-electron chi connectivity index (χ1n) is 6.45. The van der Waals surface area contributed by atoms with E-state index in [-0.39, 0.29) is 24.3 Å². The van der Waals surface area contributed by atoms with E-state index >= 15 is 0 Å². The van der Waals surface area contributed by atoms with Crippen LogP contribution < -0.4 is 5.73 Å². The van der Waals surface area contributed by atoms with Crippen molar-refractivity contribution in [1.82, 2.24) is 4.90 Å². The molecule has 0 aliphatic carbocycles. The minimum atomic E-state index is -0.0801. The summed E-state index contributed by atoms with van der Waals surface area (Å²) in [5.41, 5.74) is 7.92. The molecule has 1 aliphatic heterocycles. The third kappa shape index (κ3) is 3.67. The van der Waals surface area contributed by atoms with Crippen LogP contribution in [-0.2, 0) is 13.0 Å². The van der Waals surface area contributed by atoms with Crippen molar-refractivity contribution in [3.63, 3.8) is 0 Å². The molecule has 1 aliphatic rings. The molecule has 102 valence electrons. The molecule has 2 nitrogen and oxygen atoms in total. The van der Waals surface area contributed by atoms with Gasteiger partial charge in [-0.15, -0.1) is 12.4 Å². The van der Waals surface area contributed by atoms with Gasteiger partial charge in [0.1, 0.15) is 5.82 Å². The number of nitrogens with zero attached hydrogens (tertiary/aromatic N) is 1. The molecular weight excluding hydrogens is 251 g/mol. The third-order valence-corrected chi connectivity index (χ3v) is 3.52. The molecule has 2 N–H and O–H groups in total. The van der Waals surface area contributed by atoms with Crippen molar-refractivity contribution < 1.29 is 4.39 Å². The van der Waals surface area contributed by atoms with Crippen molar-refractivity contribution in [2.45, 2.75) is 38.8 Å². The molecule has 1 saturated heterocycles. The summed E-state index contributed by atoms with van der Waals surface area (Å²) in [6, 6.07) is 5.61. The van der Waals surface area contributed by atoms with Gasteiger partial charge in [-0.1, -0.05) is 19.1 Å². The Kier molecular flexibility index (Phi) is 6.06. The molecule has 2 rings (SSSR count). The van der Waals surface area contributed by atoms with E-state index < -0.39 is 0 Å². The molecule has 1 atom stereocenters. The van der Waals surface area contributed by atoms with E-state index in [0.717, 1.165) is 43.5 Å². The highest BCUT2D eigenvalue weighted by atomic mass is 35.5. The van der Waals surface area contributed by atoms with Gasteiger partial charge in [-0.05, 0) is 37.4 Å². The van der Waals surface area contributed by atoms with Gasteiger partial charge >= 0.3 is 0 Å². The van der Waals surface area contributed by atoms with Gasteiger partial charge in [0.25, 0.3) is 0 Å². The van der Waals surface area contributed by atoms with E-state index in [4.69, 9.17) is 5.73 Å². The SMILES string of the molecule is CCc1cccc(F)c1CN1CCCC(N)C1.Cl. The number of piperidine rings is 1. The van der Waals surface area contributed by atoms with Crippen molar-refractivity contribution in [2.75, 3.05) is 13.1 Å². The number of rotatable bonds is 3. The van der Waals surface area contributed by atoms with Crippen LogP contribution in [0.4, 0.5) is 4.39 Å². The first-order chi connectivity index (χ1) is 8.20. The minimum Gasteiger partial charge on any atom is -0.327 e. The Morgan fingerprint density at radius 3 is 2.89 bits per heavy atom. The van der Waals surface area contributed by atoms with Gasteiger partial charge in [-0.3, -0.25) is 4.90 Å². The van der Waals surface area contributed by atoms with Crippen LogP contribution >= 0.6 is 12.4 Å². The Labute approximate surface area is 115 Å². The second-order valence-corrected chi connectivity index (χ2v) is 4.87. The summed E-state index contributed by atoms with van der Waals surface area (Å²) >= 11 is 0. The maximum Gasteiger partial charge on any atom is 0.127 e. The van der Waals surface area contributed by atoms with Crippen molar-refractivity contribution >= 4 is 12.4 Å². The lowest BCUT2D eigenvalue weighted by molar-refractivity contribution is 0.199.